The van der Waals surface area contributed by atoms with Crippen LogP contribution in [0.15, 0.2) is 55.0 Å². The molecule has 124 valence electrons. The van der Waals surface area contributed by atoms with Gasteiger partial charge in [-0.15, -0.1) is 0 Å². The third-order valence-corrected chi connectivity index (χ3v) is 4.26. The van der Waals surface area contributed by atoms with E-state index in [1.807, 2.05) is 42.4 Å². The van der Waals surface area contributed by atoms with Gasteiger partial charge in [0.15, 0.2) is 0 Å². The Morgan fingerprint density at radius 2 is 2.04 bits per heavy atom. The Morgan fingerprint density at radius 3 is 2.79 bits per heavy atom. The fourth-order valence-electron chi connectivity index (χ4n) is 3.12. The SMILES string of the molecule is CCCN(Cc1cccnc1)C(=O)Cc1cn(C)c2ccccc12. The molecule has 0 radical (unpaired) electrons. The quantitative estimate of drug-likeness (QED) is 0.696. The van der Waals surface area contributed by atoms with Crippen LogP contribution in [0.3, 0.4) is 0 Å². The van der Waals surface area contributed by atoms with Crippen LogP contribution in [0.1, 0.15) is 24.5 Å². The van der Waals surface area contributed by atoms with E-state index in [2.05, 4.69) is 34.8 Å². The first-order valence-electron chi connectivity index (χ1n) is 8.38. The molecule has 4 nitrogen and oxygen atoms in total. The van der Waals surface area contributed by atoms with Gasteiger partial charge < -0.3 is 9.47 Å². The van der Waals surface area contributed by atoms with Gasteiger partial charge in [0.25, 0.3) is 0 Å². The molecule has 0 spiro atoms. The first-order valence-corrected chi connectivity index (χ1v) is 8.38. The van der Waals surface area contributed by atoms with E-state index in [4.69, 9.17) is 0 Å². The van der Waals surface area contributed by atoms with Gasteiger partial charge in [0.1, 0.15) is 0 Å². The number of benzene rings is 1. The number of aromatic nitrogens is 2. The molecule has 0 saturated heterocycles. The Bertz CT molecular complexity index is 823. The number of hydrogen-bond acceptors (Lipinski definition) is 2. The molecule has 1 aromatic carbocycles. The second-order valence-corrected chi connectivity index (χ2v) is 6.14. The van der Waals surface area contributed by atoms with E-state index in [9.17, 15) is 4.79 Å². The zero-order chi connectivity index (χ0) is 16.9. The number of aryl methyl sites for hydroxylation is 1. The van der Waals surface area contributed by atoms with Crippen molar-refractivity contribution in [2.45, 2.75) is 26.3 Å². The summed E-state index contributed by atoms with van der Waals surface area (Å²) >= 11 is 0. The first-order chi connectivity index (χ1) is 11.7. The molecule has 24 heavy (non-hydrogen) atoms. The Labute approximate surface area is 142 Å². The Kier molecular flexibility index (Phi) is 4.94. The summed E-state index contributed by atoms with van der Waals surface area (Å²) in [5, 5.41) is 1.16. The predicted octanol–water partition coefficient (Wildman–Crippen LogP) is 3.55. The van der Waals surface area contributed by atoms with Gasteiger partial charge in [-0.1, -0.05) is 31.2 Å². The molecule has 2 heterocycles. The van der Waals surface area contributed by atoms with Crippen LogP contribution in [-0.2, 0) is 24.8 Å². The topological polar surface area (TPSA) is 38.1 Å². The van der Waals surface area contributed by atoms with Gasteiger partial charge in [0.2, 0.25) is 5.91 Å². The predicted molar refractivity (Wildman–Crippen MR) is 96.6 cm³/mol. The lowest BCUT2D eigenvalue weighted by molar-refractivity contribution is -0.131. The Morgan fingerprint density at radius 1 is 1.21 bits per heavy atom. The molecule has 4 heteroatoms. The second-order valence-electron chi connectivity index (χ2n) is 6.14. The van der Waals surface area contributed by atoms with Crippen LogP contribution in [0.25, 0.3) is 10.9 Å². The van der Waals surface area contributed by atoms with Gasteiger partial charge in [-0.05, 0) is 29.7 Å². The van der Waals surface area contributed by atoms with E-state index in [1.165, 1.54) is 0 Å². The van der Waals surface area contributed by atoms with Crippen molar-refractivity contribution in [3.05, 3.63) is 66.1 Å². The fourth-order valence-corrected chi connectivity index (χ4v) is 3.12. The lowest BCUT2D eigenvalue weighted by Crippen LogP contribution is -2.32. The highest BCUT2D eigenvalue weighted by molar-refractivity contribution is 5.89. The van der Waals surface area contributed by atoms with E-state index < -0.39 is 0 Å². The minimum Gasteiger partial charge on any atom is -0.350 e. The van der Waals surface area contributed by atoms with Gasteiger partial charge in [-0.3, -0.25) is 9.78 Å². The molecule has 0 aliphatic carbocycles. The monoisotopic (exact) mass is 321 g/mol. The molecule has 0 aliphatic heterocycles. The highest BCUT2D eigenvalue weighted by atomic mass is 16.2. The van der Waals surface area contributed by atoms with Crippen LogP contribution in [0.5, 0.6) is 0 Å². The summed E-state index contributed by atoms with van der Waals surface area (Å²) in [6.07, 6.45) is 7.03. The number of carbonyl (C=O) groups excluding carboxylic acids is 1. The largest absolute Gasteiger partial charge is 0.350 e. The molecule has 0 N–H and O–H groups in total. The smallest absolute Gasteiger partial charge is 0.227 e. The van der Waals surface area contributed by atoms with Crippen molar-refractivity contribution in [2.75, 3.05) is 6.54 Å². The first kappa shape index (κ1) is 16.2. The lowest BCUT2D eigenvalue weighted by Gasteiger charge is -2.22. The number of hydrogen-bond donors (Lipinski definition) is 0. The normalized spacial score (nSPS) is 10.9. The van der Waals surface area contributed by atoms with E-state index in [0.29, 0.717) is 13.0 Å². The molecule has 0 atom stereocenters. The van der Waals surface area contributed by atoms with E-state index in [-0.39, 0.29) is 5.91 Å². The summed E-state index contributed by atoms with van der Waals surface area (Å²) < 4.78 is 2.09. The van der Waals surface area contributed by atoms with Crippen molar-refractivity contribution in [1.82, 2.24) is 14.5 Å². The molecule has 0 fully saturated rings. The standard InChI is InChI=1S/C20H23N3O/c1-3-11-23(14-16-7-6-10-21-13-16)20(24)12-17-15-22(2)19-9-5-4-8-18(17)19/h4-10,13,15H,3,11-12,14H2,1-2H3. The fraction of sp³-hybridized carbons (Fsp3) is 0.300. The molecule has 1 amide bonds. The maximum Gasteiger partial charge on any atom is 0.227 e. The third kappa shape index (κ3) is 3.48. The van der Waals surface area contributed by atoms with Crippen molar-refractivity contribution in [1.29, 1.82) is 0 Å². The third-order valence-electron chi connectivity index (χ3n) is 4.26. The number of fused-ring (bicyclic) bond motifs is 1. The molecular formula is C20H23N3O. The van der Waals surface area contributed by atoms with Crippen molar-refractivity contribution < 1.29 is 4.79 Å². The highest BCUT2D eigenvalue weighted by Gasteiger charge is 2.16. The zero-order valence-electron chi connectivity index (χ0n) is 14.3. The van der Waals surface area contributed by atoms with Gasteiger partial charge in [-0.2, -0.15) is 0 Å². The number of pyridine rings is 1. The molecule has 0 aliphatic rings. The van der Waals surface area contributed by atoms with Gasteiger partial charge in [-0.25, -0.2) is 0 Å². The minimum atomic E-state index is 0.164. The summed E-state index contributed by atoms with van der Waals surface area (Å²) in [5.74, 6) is 0.164. The maximum atomic E-state index is 12.9. The minimum absolute atomic E-state index is 0.164. The molecule has 2 aromatic heterocycles. The van der Waals surface area contributed by atoms with E-state index in [0.717, 1.165) is 35.0 Å². The van der Waals surface area contributed by atoms with Crippen molar-refractivity contribution in [3.63, 3.8) is 0 Å². The molecule has 0 unspecified atom stereocenters. The van der Waals surface area contributed by atoms with Crippen molar-refractivity contribution >= 4 is 16.8 Å². The average Bonchev–Trinajstić information content (AvgIpc) is 2.92. The van der Waals surface area contributed by atoms with Crippen molar-refractivity contribution in [2.24, 2.45) is 7.05 Å². The number of carbonyl (C=O) groups is 1. The Hall–Kier alpha value is -2.62. The zero-order valence-corrected chi connectivity index (χ0v) is 14.3. The van der Waals surface area contributed by atoms with E-state index in [1.54, 1.807) is 6.20 Å². The van der Waals surface area contributed by atoms with Crippen LogP contribution in [0.4, 0.5) is 0 Å². The number of rotatable bonds is 6. The van der Waals surface area contributed by atoms with Crippen molar-refractivity contribution in [3.8, 4) is 0 Å². The van der Waals surface area contributed by atoms with Crippen LogP contribution in [0, 0.1) is 0 Å². The molecule has 3 aromatic rings. The number of para-hydroxylation sites is 1. The summed E-state index contributed by atoms with van der Waals surface area (Å²) in [4.78, 5) is 18.9. The summed E-state index contributed by atoms with van der Waals surface area (Å²) in [6.45, 7) is 3.48. The summed E-state index contributed by atoms with van der Waals surface area (Å²) in [6, 6.07) is 12.1. The maximum absolute atomic E-state index is 12.9. The lowest BCUT2D eigenvalue weighted by atomic mass is 10.1. The van der Waals surface area contributed by atoms with Gasteiger partial charge >= 0.3 is 0 Å². The summed E-state index contributed by atoms with van der Waals surface area (Å²) in [5.41, 5.74) is 3.32. The Balaban J connectivity index is 1.80. The molecule has 3 rings (SSSR count). The van der Waals surface area contributed by atoms with Crippen LogP contribution in [0.2, 0.25) is 0 Å². The van der Waals surface area contributed by atoms with Crippen LogP contribution < -0.4 is 0 Å². The van der Waals surface area contributed by atoms with Crippen LogP contribution in [-0.4, -0.2) is 26.9 Å². The molecule has 0 bridgehead atoms. The number of amides is 1. The molecule has 0 saturated carbocycles. The second kappa shape index (κ2) is 7.30. The van der Waals surface area contributed by atoms with E-state index >= 15 is 0 Å². The summed E-state index contributed by atoms with van der Waals surface area (Å²) in [7, 11) is 2.02. The number of nitrogens with zero attached hydrogens (tertiary/aromatic N) is 3. The molecular weight excluding hydrogens is 298 g/mol. The average molecular weight is 321 g/mol. The highest BCUT2D eigenvalue weighted by Crippen LogP contribution is 2.21. The van der Waals surface area contributed by atoms with Crippen LogP contribution >= 0.6 is 0 Å². The van der Waals surface area contributed by atoms with Gasteiger partial charge in [0, 0.05) is 49.6 Å². The van der Waals surface area contributed by atoms with Gasteiger partial charge in [0.05, 0.1) is 6.42 Å².